The highest BCUT2D eigenvalue weighted by Gasteiger charge is 2.45. The van der Waals surface area contributed by atoms with Crippen LogP contribution in [0.2, 0.25) is 0 Å². The molecule has 2 amide bonds. The summed E-state index contributed by atoms with van der Waals surface area (Å²) in [6.45, 7) is 3.62. The molecule has 3 fully saturated rings. The fourth-order valence-corrected chi connectivity index (χ4v) is 4.96. The molecular weight excluding hydrogens is 310 g/mol. The number of benzene rings is 1. The van der Waals surface area contributed by atoms with Crippen LogP contribution in [0.4, 0.5) is 4.79 Å². The second kappa shape index (κ2) is 6.71. The number of urea groups is 1. The van der Waals surface area contributed by atoms with Gasteiger partial charge in [0, 0.05) is 31.1 Å². The van der Waals surface area contributed by atoms with E-state index in [9.17, 15) is 4.79 Å². The standard InChI is InChI=1S/C21H27N3O/c1-15-2-4-17(5-3-15)18-12-19-6-7-20(13-18)24(19)21(25)23-10-8-16(14-22)9-11-23/h2-5,16,18-20H,6-13H2,1H3/t18-,19+,20-. The Kier molecular flexibility index (Phi) is 4.41. The third kappa shape index (κ3) is 3.13. The molecule has 3 heterocycles. The molecule has 1 aromatic rings. The number of nitrogens with zero attached hydrogens (tertiary/aromatic N) is 3. The van der Waals surface area contributed by atoms with Crippen LogP contribution in [-0.4, -0.2) is 41.0 Å². The van der Waals surface area contributed by atoms with Crippen molar-refractivity contribution in [1.29, 1.82) is 5.26 Å². The average Bonchev–Trinajstić information content (AvgIpc) is 2.91. The zero-order chi connectivity index (χ0) is 17.4. The Labute approximate surface area is 150 Å². The van der Waals surface area contributed by atoms with E-state index >= 15 is 0 Å². The Morgan fingerprint density at radius 2 is 1.64 bits per heavy atom. The van der Waals surface area contributed by atoms with Gasteiger partial charge in [0.1, 0.15) is 0 Å². The van der Waals surface area contributed by atoms with Gasteiger partial charge in [0.05, 0.1) is 6.07 Å². The van der Waals surface area contributed by atoms with E-state index < -0.39 is 0 Å². The lowest BCUT2D eigenvalue weighted by atomic mass is 9.85. The first-order valence-corrected chi connectivity index (χ1v) is 9.69. The molecule has 0 saturated carbocycles. The van der Waals surface area contributed by atoms with Crippen molar-refractivity contribution in [3.05, 3.63) is 35.4 Å². The van der Waals surface area contributed by atoms with Gasteiger partial charge in [0.2, 0.25) is 0 Å². The predicted octanol–water partition coefficient (Wildman–Crippen LogP) is 4.06. The number of fused-ring (bicyclic) bond motifs is 2. The number of amides is 2. The SMILES string of the molecule is Cc1ccc([C@H]2C[C@H]3CC[C@@H](C2)N3C(=O)N2CCC(C#N)CC2)cc1. The summed E-state index contributed by atoms with van der Waals surface area (Å²) in [5.41, 5.74) is 2.74. The Bertz CT molecular complexity index is 655. The van der Waals surface area contributed by atoms with Crippen molar-refractivity contribution in [2.45, 2.75) is 63.5 Å². The van der Waals surface area contributed by atoms with E-state index in [1.54, 1.807) is 0 Å². The van der Waals surface area contributed by atoms with E-state index in [-0.39, 0.29) is 11.9 Å². The lowest BCUT2D eigenvalue weighted by Gasteiger charge is -2.42. The number of likely N-dealkylation sites (tertiary alicyclic amines) is 1. The largest absolute Gasteiger partial charge is 0.325 e. The summed E-state index contributed by atoms with van der Waals surface area (Å²) in [5.74, 6) is 0.722. The molecule has 0 aliphatic carbocycles. The molecule has 3 aliphatic heterocycles. The lowest BCUT2D eigenvalue weighted by molar-refractivity contribution is 0.0959. The van der Waals surface area contributed by atoms with Crippen molar-refractivity contribution in [3.8, 4) is 6.07 Å². The number of rotatable bonds is 1. The van der Waals surface area contributed by atoms with Gasteiger partial charge in [-0.25, -0.2) is 4.79 Å². The third-order valence-corrected chi connectivity index (χ3v) is 6.45. The molecular formula is C21H27N3O. The Morgan fingerprint density at radius 1 is 1.04 bits per heavy atom. The summed E-state index contributed by atoms with van der Waals surface area (Å²) in [5, 5.41) is 9.05. The fraction of sp³-hybridized carbons (Fsp3) is 0.619. The molecule has 4 nitrogen and oxygen atoms in total. The Hall–Kier alpha value is -2.02. The van der Waals surface area contributed by atoms with Gasteiger partial charge in [-0.3, -0.25) is 0 Å². The van der Waals surface area contributed by atoms with Crippen LogP contribution in [0, 0.1) is 24.2 Å². The zero-order valence-electron chi connectivity index (χ0n) is 15.0. The molecule has 3 atom stereocenters. The third-order valence-electron chi connectivity index (χ3n) is 6.45. The minimum atomic E-state index is 0.132. The summed E-state index contributed by atoms with van der Waals surface area (Å²) in [7, 11) is 0. The maximum absolute atomic E-state index is 13.1. The van der Waals surface area contributed by atoms with E-state index in [1.165, 1.54) is 11.1 Å². The topological polar surface area (TPSA) is 47.3 Å². The second-order valence-electron chi connectivity index (χ2n) is 8.04. The maximum atomic E-state index is 13.1. The molecule has 0 aromatic heterocycles. The number of nitriles is 1. The fourth-order valence-electron chi connectivity index (χ4n) is 4.96. The van der Waals surface area contributed by atoms with Gasteiger partial charge in [-0.2, -0.15) is 5.26 Å². The van der Waals surface area contributed by atoms with Crippen LogP contribution in [0.1, 0.15) is 55.6 Å². The number of aryl methyl sites for hydroxylation is 1. The molecule has 4 rings (SSSR count). The van der Waals surface area contributed by atoms with E-state index in [1.807, 2.05) is 4.90 Å². The highest BCUT2D eigenvalue weighted by atomic mass is 16.2. The van der Waals surface area contributed by atoms with Crippen molar-refractivity contribution in [2.24, 2.45) is 5.92 Å². The molecule has 0 radical (unpaired) electrons. The molecule has 2 bridgehead atoms. The number of piperidine rings is 2. The van der Waals surface area contributed by atoms with E-state index in [4.69, 9.17) is 5.26 Å². The van der Waals surface area contributed by atoms with Crippen molar-refractivity contribution >= 4 is 6.03 Å². The lowest BCUT2D eigenvalue weighted by Crippen LogP contribution is -2.53. The van der Waals surface area contributed by atoms with Gasteiger partial charge in [-0.15, -0.1) is 0 Å². The first kappa shape index (κ1) is 16.4. The number of carbonyl (C=O) groups is 1. The summed E-state index contributed by atoms with van der Waals surface area (Å²) in [6, 6.07) is 12.3. The number of hydrogen-bond acceptors (Lipinski definition) is 2. The van der Waals surface area contributed by atoms with E-state index in [0.717, 1.165) is 51.6 Å². The van der Waals surface area contributed by atoms with Crippen LogP contribution >= 0.6 is 0 Å². The molecule has 25 heavy (non-hydrogen) atoms. The quantitative estimate of drug-likeness (QED) is 0.776. The van der Waals surface area contributed by atoms with Gasteiger partial charge in [0.15, 0.2) is 0 Å². The molecule has 0 unspecified atom stereocenters. The summed E-state index contributed by atoms with van der Waals surface area (Å²) >= 11 is 0. The minimum Gasteiger partial charge on any atom is -0.325 e. The normalized spacial score (nSPS) is 29.5. The molecule has 4 heteroatoms. The number of carbonyl (C=O) groups excluding carboxylic acids is 1. The monoisotopic (exact) mass is 337 g/mol. The average molecular weight is 337 g/mol. The van der Waals surface area contributed by atoms with Gasteiger partial charge >= 0.3 is 6.03 Å². The smallest absolute Gasteiger partial charge is 0.320 e. The second-order valence-corrected chi connectivity index (χ2v) is 8.04. The maximum Gasteiger partial charge on any atom is 0.320 e. The molecule has 0 spiro atoms. The molecule has 1 aromatic carbocycles. The molecule has 0 N–H and O–H groups in total. The Balaban J connectivity index is 1.43. The first-order valence-electron chi connectivity index (χ1n) is 9.69. The number of hydrogen-bond donors (Lipinski definition) is 0. The van der Waals surface area contributed by atoms with Gasteiger partial charge in [0.25, 0.3) is 0 Å². The van der Waals surface area contributed by atoms with Crippen LogP contribution in [0.5, 0.6) is 0 Å². The van der Waals surface area contributed by atoms with Crippen molar-refractivity contribution in [3.63, 3.8) is 0 Å². The summed E-state index contributed by atoms with van der Waals surface area (Å²) < 4.78 is 0. The van der Waals surface area contributed by atoms with E-state index in [2.05, 4.69) is 42.2 Å². The van der Waals surface area contributed by atoms with Crippen LogP contribution in [0.25, 0.3) is 0 Å². The Morgan fingerprint density at radius 3 is 2.20 bits per heavy atom. The van der Waals surface area contributed by atoms with Crippen LogP contribution in [0.3, 0.4) is 0 Å². The predicted molar refractivity (Wildman–Crippen MR) is 97.1 cm³/mol. The van der Waals surface area contributed by atoms with Gasteiger partial charge in [-0.05, 0) is 56.9 Å². The van der Waals surface area contributed by atoms with Crippen molar-refractivity contribution in [2.75, 3.05) is 13.1 Å². The van der Waals surface area contributed by atoms with E-state index in [0.29, 0.717) is 18.0 Å². The van der Waals surface area contributed by atoms with Crippen molar-refractivity contribution in [1.82, 2.24) is 9.80 Å². The molecule has 3 saturated heterocycles. The molecule has 132 valence electrons. The van der Waals surface area contributed by atoms with Crippen LogP contribution in [0.15, 0.2) is 24.3 Å². The highest BCUT2D eigenvalue weighted by Crippen LogP contribution is 2.43. The van der Waals surface area contributed by atoms with Gasteiger partial charge < -0.3 is 9.80 Å². The highest BCUT2D eigenvalue weighted by molar-refractivity contribution is 5.76. The summed E-state index contributed by atoms with van der Waals surface area (Å²) in [4.78, 5) is 17.2. The van der Waals surface area contributed by atoms with Crippen LogP contribution < -0.4 is 0 Å². The molecule has 3 aliphatic rings. The minimum absolute atomic E-state index is 0.132. The summed E-state index contributed by atoms with van der Waals surface area (Å²) in [6.07, 6.45) is 6.15. The van der Waals surface area contributed by atoms with Crippen molar-refractivity contribution < 1.29 is 4.79 Å². The first-order chi connectivity index (χ1) is 12.2. The van der Waals surface area contributed by atoms with Gasteiger partial charge in [-0.1, -0.05) is 29.8 Å². The zero-order valence-corrected chi connectivity index (χ0v) is 15.0. The van der Waals surface area contributed by atoms with Crippen LogP contribution in [-0.2, 0) is 0 Å².